The summed E-state index contributed by atoms with van der Waals surface area (Å²) in [5.74, 6) is 0. The first-order valence-electron chi connectivity index (χ1n) is 7.52. The predicted molar refractivity (Wildman–Crippen MR) is 105 cm³/mol. The molecule has 0 bridgehead atoms. The van der Waals surface area contributed by atoms with E-state index < -0.39 is 5.60 Å². The molecule has 0 aliphatic rings. The van der Waals surface area contributed by atoms with Crippen LogP contribution in [0.2, 0.25) is 0 Å². The summed E-state index contributed by atoms with van der Waals surface area (Å²) in [6.45, 7) is 2.04. The highest BCUT2D eigenvalue weighted by molar-refractivity contribution is 7.27. The maximum absolute atomic E-state index is 11.8. The zero-order valence-corrected chi connectivity index (χ0v) is 15.3. The molecule has 3 unspecified atom stereocenters. The Morgan fingerprint density at radius 3 is 2.09 bits per heavy atom. The molecule has 0 saturated carbocycles. The van der Waals surface area contributed by atoms with Crippen molar-refractivity contribution in [2.75, 3.05) is 0 Å². The van der Waals surface area contributed by atoms with E-state index in [2.05, 4.69) is 24.5 Å². The van der Waals surface area contributed by atoms with Crippen LogP contribution >= 0.6 is 18.5 Å². The Labute approximate surface area is 142 Å². The number of benzene rings is 3. The van der Waals surface area contributed by atoms with E-state index in [1.807, 2.05) is 73.7 Å². The predicted octanol–water partition coefficient (Wildman–Crippen LogP) is 3.28. The molecule has 1 nitrogen and oxygen atoms in total. The van der Waals surface area contributed by atoms with Crippen LogP contribution < -0.4 is 10.6 Å². The van der Waals surface area contributed by atoms with Gasteiger partial charge in [0, 0.05) is 0 Å². The van der Waals surface area contributed by atoms with Crippen molar-refractivity contribution in [2.45, 2.75) is 12.5 Å². The molecular formula is C20H20OP2. The van der Waals surface area contributed by atoms with E-state index in [0.29, 0.717) is 0 Å². The summed E-state index contributed by atoms with van der Waals surface area (Å²) in [7, 11) is 5.41. The van der Waals surface area contributed by atoms with E-state index >= 15 is 0 Å². The Balaban J connectivity index is 2.33. The van der Waals surface area contributed by atoms with E-state index in [1.54, 1.807) is 0 Å². The molecule has 0 heterocycles. The zero-order chi connectivity index (χ0) is 16.4. The third kappa shape index (κ3) is 3.10. The van der Waals surface area contributed by atoms with Crippen molar-refractivity contribution in [3.63, 3.8) is 0 Å². The third-order valence-electron chi connectivity index (χ3n) is 4.15. The molecule has 0 aliphatic carbocycles. The van der Waals surface area contributed by atoms with Crippen LogP contribution in [0, 0.1) is 6.92 Å². The minimum Gasteiger partial charge on any atom is -0.376 e. The molecule has 1 N–H and O–H groups in total. The standard InChI is InChI=1S/C20H20OP2/c1-14-10-11-18(23)13-19(14)20(21,15-6-3-2-4-7-15)16-8-5-9-17(22)12-16/h2-13,21H,22-23H2,1H3. The van der Waals surface area contributed by atoms with Crippen LogP contribution in [0.15, 0.2) is 72.8 Å². The molecule has 0 aromatic heterocycles. The smallest absolute Gasteiger partial charge is 0.140 e. The molecule has 3 aromatic rings. The SMILES string of the molecule is Cc1ccc(P)cc1C(O)(c1ccccc1)c1cccc(P)c1. The van der Waals surface area contributed by atoms with Gasteiger partial charge in [-0.2, -0.15) is 0 Å². The average molecular weight is 338 g/mol. The second kappa shape index (κ2) is 6.54. The van der Waals surface area contributed by atoms with Crippen LogP contribution in [0.5, 0.6) is 0 Å². The third-order valence-corrected chi connectivity index (χ3v) is 4.87. The van der Waals surface area contributed by atoms with Gasteiger partial charge in [0.25, 0.3) is 0 Å². The highest BCUT2D eigenvalue weighted by Crippen LogP contribution is 2.37. The summed E-state index contributed by atoms with van der Waals surface area (Å²) in [5.41, 5.74) is 2.54. The number of hydrogen-bond donors (Lipinski definition) is 1. The van der Waals surface area contributed by atoms with Crippen LogP contribution in [-0.2, 0) is 5.60 Å². The van der Waals surface area contributed by atoms with Gasteiger partial charge in [0.2, 0.25) is 0 Å². The van der Waals surface area contributed by atoms with Gasteiger partial charge in [0.15, 0.2) is 0 Å². The molecule has 116 valence electrons. The molecule has 0 spiro atoms. The molecule has 0 aliphatic heterocycles. The first-order valence-corrected chi connectivity index (χ1v) is 8.68. The Hall–Kier alpha value is -1.52. The Kier molecular flexibility index (Phi) is 4.64. The number of aryl methyl sites for hydroxylation is 1. The summed E-state index contributed by atoms with van der Waals surface area (Å²) in [6.07, 6.45) is 0. The lowest BCUT2D eigenvalue weighted by Gasteiger charge is -2.32. The van der Waals surface area contributed by atoms with Gasteiger partial charge in [-0.3, -0.25) is 0 Å². The lowest BCUT2D eigenvalue weighted by molar-refractivity contribution is 0.125. The molecule has 3 rings (SSSR count). The van der Waals surface area contributed by atoms with Crippen molar-refractivity contribution >= 4 is 29.1 Å². The molecule has 0 fully saturated rings. The molecule has 3 aromatic carbocycles. The highest BCUT2D eigenvalue weighted by atomic mass is 31.0. The van der Waals surface area contributed by atoms with Crippen molar-refractivity contribution in [3.8, 4) is 0 Å². The summed E-state index contributed by atoms with van der Waals surface area (Å²) in [5, 5.41) is 13.9. The molecule has 3 atom stereocenters. The number of aliphatic hydroxyl groups is 1. The molecule has 0 saturated heterocycles. The Morgan fingerprint density at radius 1 is 0.739 bits per heavy atom. The van der Waals surface area contributed by atoms with Gasteiger partial charge in [-0.25, -0.2) is 0 Å². The highest BCUT2D eigenvalue weighted by Gasteiger charge is 2.35. The molecular weight excluding hydrogens is 318 g/mol. The molecule has 3 heteroatoms. The maximum atomic E-state index is 11.8. The van der Waals surface area contributed by atoms with Crippen molar-refractivity contribution < 1.29 is 5.11 Å². The summed E-state index contributed by atoms with van der Waals surface area (Å²) < 4.78 is 0. The van der Waals surface area contributed by atoms with E-state index in [9.17, 15) is 5.11 Å². The van der Waals surface area contributed by atoms with Crippen LogP contribution in [0.25, 0.3) is 0 Å². The van der Waals surface area contributed by atoms with Gasteiger partial charge >= 0.3 is 0 Å². The van der Waals surface area contributed by atoms with Gasteiger partial charge < -0.3 is 5.11 Å². The van der Waals surface area contributed by atoms with E-state index in [0.717, 1.165) is 32.9 Å². The van der Waals surface area contributed by atoms with Crippen molar-refractivity contribution in [1.82, 2.24) is 0 Å². The first kappa shape index (κ1) is 16.3. The second-order valence-corrected chi connectivity index (χ2v) is 7.11. The van der Waals surface area contributed by atoms with Gasteiger partial charge in [-0.1, -0.05) is 60.7 Å². The summed E-state index contributed by atoms with van der Waals surface area (Å²) in [4.78, 5) is 0. The largest absolute Gasteiger partial charge is 0.376 e. The van der Waals surface area contributed by atoms with Crippen molar-refractivity contribution in [1.29, 1.82) is 0 Å². The zero-order valence-electron chi connectivity index (χ0n) is 13.0. The molecule has 0 amide bonds. The van der Waals surface area contributed by atoms with E-state index in [4.69, 9.17) is 0 Å². The van der Waals surface area contributed by atoms with Gasteiger partial charge in [0.05, 0.1) is 0 Å². The fourth-order valence-electron chi connectivity index (χ4n) is 2.95. The van der Waals surface area contributed by atoms with Gasteiger partial charge in [-0.15, -0.1) is 18.5 Å². The van der Waals surface area contributed by atoms with Crippen molar-refractivity contribution in [3.05, 3.63) is 95.1 Å². The van der Waals surface area contributed by atoms with E-state index in [1.165, 1.54) is 0 Å². The van der Waals surface area contributed by atoms with Gasteiger partial charge in [-0.05, 0) is 51.9 Å². The molecule has 23 heavy (non-hydrogen) atoms. The normalized spacial score (nSPS) is 13.6. The Morgan fingerprint density at radius 2 is 1.39 bits per heavy atom. The minimum absolute atomic E-state index is 0.870. The first-order chi connectivity index (χ1) is 11.0. The fraction of sp³-hybridized carbons (Fsp3) is 0.100. The van der Waals surface area contributed by atoms with Crippen LogP contribution in [-0.4, -0.2) is 5.11 Å². The molecule has 0 radical (unpaired) electrons. The van der Waals surface area contributed by atoms with Crippen LogP contribution in [0.1, 0.15) is 22.3 Å². The minimum atomic E-state index is -1.18. The number of rotatable bonds is 3. The average Bonchev–Trinajstić information content (AvgIpc) is 2.57. The lowest BCUT2D eigenvalue weighted by Crippen LogP contribution is -2.31. The van der Waals surface area contributed by atoms with Crippen LogP contribution in [0.4, 0.5) is 0 Å². The topological polar surface area (TPSA) is 20.2 Å². The number of hydrogen-bond acceptors (Lipinski definition) is 1. The lowest BCUT2D eigenvalue weighted by atomic mass is 9.78. The van der Waals surface area contributed by atoms with Crippen molar-refractivity contribution in [2.24, 2.45) is 0 Å². The summed E-state index contributed by atoms with van der Waals surface area (Å²) in [6, 6.07) is 24.0. The van der Waals surface area contributed by atoms with Crippen LogP contribution in [0.3, 0.4) is 0 Å². The fourth-order valence-corrected chi connectivity index (χ4v) is 3.50. The quantitative estimate of drug-likeness (QED) is 0.574. The summed E-state index contributed by atoms with van der Waals surface area (Å²) >= 11 is 0. The van der Waals surface area contributed by atoms with E-state index in [-0.39, 0.29) is 0 Å². The monoisotopic (exact) mass is 338 g/mol. The second-order valence-electron chi connectivity index (χ2n) is 5.78. The maximum Gasteiger partial charge on any atom is 0.140 e. The Bertz CT molecular complexity index is 830. The van der Waals surface area contributed by atoms with Gasteiger partial charge in [0.1, 0.15) is 5.60 Å².